The number of nitrogens with one attached hydrogen (secondary N) is 1. The van der Waals surface area contributed by atoms with E-state index in [9.17, 15) is 9.90 Å². The molecule has 0 spiro atoms. The lowest BCUT2D eigenvalue weighted by molar-refractivity contribution is 0.0711. The van der Waals surface area contributed by atoms with Gasteiger partial charge >= 0.3 is 0 Å². The first kappa shape index (κ1) is 23.5. The van der Waals surface area contributed by atoms with Gasteiger partial charge in [0, 0.05) is 25.2 Å². The summed E-state index contributed by atoms with van der Waals surface area (Å²) in [6, 6.07) is 10.5. The molecule has 0 aliphatic carbocycles. The summed E-state index contributed by atoms with van der Waals surface area (Å²) in [5, 5.41) is 9.87. The second kappa shape index (κ2) is 10.3. The highest BCUT2D eigenvalue weighted by atomic mass is 35.5. The Kier molecular flexibility index (Phi) is 8.05. The first-order valence-corrected chi connectivity index (χ1v) is 9.05. The Hall–Kier alpha value is -2.81. The van der Waals surface area contributed by atoms with Crippen molar-refractivity contribution in [1.29, 1.82) is 0 Å². The summed E-state index contributed by atoms with van der Waals surface area (Å²) in [6.07, 6.45) is 3.20. The predicted octanol–water partition coefficient (Wildman–Crippen LogP) is 2.48. The summed E-state index contributed by atoms with van der Waals surface area (Å²) in [5.74, 6) is 0.226. The molecule has 0 radical (unpaired) electrons. The van der Waals surface area contributed by atoms with Crippen molar-refractivity contribution in [1.82, 2.24) is 19.9 Å². The van der Waals surface area contributed by atoms with Crippen LogP contribution in [-0.2, 0) is 6.54 Å². The average Bonchev–Trinajstić information content (AvgIpc) is 3.20. The molecule has 4 N–H and O–H groups in total. The first-order chi connectivity index (χ1) is 13.7. The number of imidazole rings is 1. The largest absolute Gasteiger partial charge is 0.508 e. The highest BCUT2D eigenvalue weighted by molar-refractivity contribution is 5.95. The number of aromatic hydroxyl groups is 1. The lowest BCUT2D eigenvalue weighted by Gasteiger charge is -2.32. The number of carbonyl (C=O) groups excluding carboxylic acids is 1. The zero-order chi connectivity index (χ0) is 19.5. The zero-order valence-electron chi connectivity index (χ0n) is 16.0. The summed E-state index contributed by atoms with van der Waals surface area (Å²) in [6.45, 7) is 1.48. The Morgan fingerprint density at radius 1 is 1.27 bits per heavy atom. The van der Waals surface area contributed by atoms with E-state index in [1.807, 2.05) is 6.07 Å². The molecule has 1 aromatic carbocycles. The number of ether oxygens (including phenoxy) is 1. The standard InChI is InChI=1S/C20H21N5O3.2ClH/c21-6-8-28-17-5-2-7-22-19(17)20(27)25-10-15(13-3-1-4-14(26)9-13)18-16(11-25)23-12-24-18;;/h1-5,7,9,12,15,26H,6,8,10-11,21H2,(H,23,24);2*1H. The third-order valence-corrected chi connectivity index (χ3v) is 4.74. The molecule has 0 saturated heterocycles. The van der Waals surface area contributed by atoms with Gasteiger partial charge in [0.1, 0.15) is 12.4 Å². The molecule has 0 bridgehead atoms. The van der Waals surface area contributed by atoms with E-state index in [1.165, 1.54) is 0 Å². The van der Waals surface area contributed by atoms with E-state index in [1.54, 1.807) is 47.8 Å². The third kappa shape index (κ3) is 4.67. The smallest absolute Gasteiger partial charge is 0.276 e. The second-order valence-corrected chi connectivity index (χ2v) is 6.59. The van der Waals surface area contributed by atoms with Gasteiger partial charge in [-0.25, -0.2) is 9.97 Å². The van der Waals surface area contributed by atoms with E-state index >= 15 is 0 Å². The molecule has 3 aromatic rings. The number of rotatable bonds is 5. The predicted molar refractivity (Wildman–Crippen MR) is 117 cm³/mol. The molecule has 2 aromatic heterocycles. The van der Waals surface area contributed by atoms with Crippen molar-refractivity contribution in [3.63, 3.8) is 0 Å². The van der Waals surface area contributed by atoms with Crippen LogP contribution >= 0.6 is 24.8 Å². The van der Waals surface area contributed by atoms with Crippen molar-refractivity contribution in [3.05, 3.63) is 71.6 Å². The Bertz CT molecular complexity index is 998. The van der Waals surface area contributed by atoms with Gasteiger partial charge in [-0.15, -0.1) is 24.8 Å². The van der Waals surface area contributed by atoms with Crippen LogP contribution in [0, 0.1) is 0 Å². The number of fused-ring (bicyclic) bond motifs is 1. The van der Waals surface area contributed by atoms with Crippen LogP contribution in [-0.4, -0.2) is 50.6 Å². The van der Waals surface area contributed by atoms with Crippen LogP contribution in [0.5, 0.6) is 11.5 Å². The monoisotopic (exact) mass is 451 g/mol. The first-order valence-electron chi connectivity index (χ1n) is 9.05. The summed E-state index contributed by atoms with van der Waals surface area (Å²) >= 11 is 0. The van der Waals surface area contributed by atoms with Crippen molar-refractivity contribution in [2.75, 3.05) is 19.7 Å². The van der Waals surface area contributed by atoms with Gasteiger partial charge in [0.2, 0.25) is 0 Å². The number of aromatic amines is 1. The number of hydrogen-bond donors (Lipinski definition) is 3. The molecule has 10 heteroatoms. The van der Waals surface area contributed by atoms with E-state index in [4.69, 9.17) is 10.5 Å². The number of phenolic OH excluding ortho intramolecular Hbond substituents is 1. The summed E-state index contributed by atoms with van der Waals surface area (Å²) < 4.78 is 5.59. The molecular weight excluding hydrogens is 429 g/mol. The number of pyridine rings is 1. The van der Waals surface area contributed by atoms with Crippen LogP contribution in [0.4, 0.5) is 0 Å². The summed E-state index contributed by atoms with van der Waals surface area (Å²) in [4.78, 5) is 26.7. The molecule has 0 fully saturated rings. The number of aromatic nitrogens is 3. The quantitative estimate of drug-likeness (QED) is 0.548. The third-order valence-electron chi connectivity index (χ3n) is 4.74. The highest BCUT2D eigenvalue weighted by Crippen LogP contribution is 2.33. The number of H-pyrrole nitrogens is 1. The number of amides is 1. The number of nitrogens with two attached hydrogens (primary N) is 1. The number of benzene rings is 1. The van der Waals surface area contributed by atoms with Crippen LogP contribution in [0.15, 0.2) is 48.9 Å². The topological polar surface area (TPSA) is 117 Å². The number of hydrogen-bond acceptors (Lipinski definition) is 6. The second-order valence-electron chi connectivity index (χ2n) is 6.59. The van der Waals surface area contributed by atoms with Crippen molar-refractivity contribution < 1.29 is 14.6 Å². The SMILES string of the molecule is Cl.Cl.NCCOc1cccnc1C(=O)N1Cc2[nH]cnc2C(c2cccc(O)c2)C1. The maximum Gasteiger partial charge on any atom is 0.276 e. The van der Waals surface area contributed by atoms with E-state index in [2.05, 4.69) is 15.0 Å². The fourth-order valence-electron chi connectivity index (χ4n) is 3.47. The van der Waals surface area contributed by atoms with Gasteiger partial charge in [0.15, 0.2) is 11.4 Å². The Balaban J connectivity index is 0.00000160. The minimum Gasteiger partial charge on any atom is -0.508 e. The number of nitrogens with zero attached hydrogens (tertiary/aromatic N) is 3. The van der Waals surface area contributed by atoms with E-state index in [0.717, 1.165) is 17.0 Å². The van der Waals surface area contributed by atoms with Crippen LogP contribution in [0.1, 0.15) is 33.4 Å². The van der Waals surface area contributed by atoms with Gasteiger partial charge in [-0.3, -0.25) is 4.79 Å². The molecule has 1 amide bonds. The Morgan fingerprint density at radius 2 is 2.10 bits per heavy atom. The molecule has 30 heavy (non-hydrogen) atoms. The Morgan fingerprint density at radius 3 is 2.87 bits per heavy atom. The normalized spacial score (nSPS) is 14.8. The molecule has 1 unspecified atom stereocenters. The highest BCUT2D eigenvalue weighted by Gasteiger charge is 2.33. The molecule has 1 aliphatic rings. The maximum absolute atomic E-state index is 13.2. The molecule has 0 saturated carbocycles. The minimum absolute atomic E-state index is 0. The van der Waals surface area contributed by atoms with Gasteiger partial charge in [-0.05, 0) is 29.8 Å². The van der Waals surface area contributed by atoms with Crippen molar-refractivity contribution in [2.45, 2.75) is 12.5 Å². The molecule has 4 rings (SSSR count). The number of carbonyl (C=O) groups is 1. The minimum atomic E-state index is -0.224. The Labute approximate surface area is 186 Å². The van der Waals surface area contributed by atoms with E-state index < -0.39 is 0 Å². The molecular formula is C20H23Cl2N5O3. The van der Waals surface area contributed by atoms with Gasteiger partial charge in [-0.1, -0.05) is 12.1 Å². The average molecular weight is 452 g/mol. The van der Waals surface area contributed by atoms with Crippen molar-refractivity contribution in [3.8, 4) is 11.5 Å². The lowest BCUT2D eigenvalue weighted by Crippen LogP contribution is -2.39. The van der Waals surface area contributed by atoms with Crippen LogP contribution < -0.4 is 10.5 Å². The van der Waals surface area contributed by atoms with Gasteiger partial charge in [-0.2, -0.15) is 0 Å². The summed E-state index contributed by atoms with van der Waals surface area (Å²) in [5.41, 5.74) is 8.42. The summed E-state index contributed by atoms with van der Waals surface area (Å²) in [7, 11) is 0. The zero-order valence-corrected chi connectivity index (χ0v) is 17.7. The molecule has 1 aliphatic heterocycles. The van der Waals surface area contributed by atoms with E-state index in [-0.39, 0.29) is 48.1 Å². The molecule has 3 heterocycles. The fraction of sp³-hybridized carbons (Fsp3) is 0.250. The van der Waals surface area contributed by atoms with E-state index in [0.29, 0.717) is 32.0 Å². The number of halogens is 2. The molecule has 160 valence electrons. The number of phenols is 1. The van der Waals surface area contributed by atoms with Crippen molar-refractivity contribution in [2.24, 2.45) is 5.73 Å². The van der Waals surface area contributed by atoms with Crippen LogP contribution in [0.2, 0.25) is 0 Å². The van der Waals surface area contributed by atoms with Gasteiger partial charge in [0.25, 0.3) is 5.91 Å². The molecule has 1 atom stereocenters. The van der Waals surface area contributed by atoms with Crippen molar-refractivity contribution >= 4 is 30.7 Å². The van der Waals surface area contributed by atoms with Crippen LogP contribution in [0.25, 0.3) is 0 Å². The maximum atomic E-state index is 13.2. The van der Waals surface area contributed by atoms with Gasteiger partial charge in [0.05, 0.1) is 24.3 Å². The fourth-order valence-corrected chi connectivity index (χ4v) is 3.47. The molecule has 8 nitrogen and oxygen atoms in total. The van der Waals surface area contributed by atoms with Gasteiger partial charge < -0.3 is 25.5 Å². The lowest BCUT2D eigenvalue weighted by atomic mass is 9.90. The van der Waals surface area contributed by atoms with Crippen LogP contribution in [0.3, 0.4) is 0 Å².